The monoisotopic (exact) mass is 286 g/mol. The zero-order chi connectivity index (χ0) is 14.8. The van der Waals surface area contributed by atoms with Gasteiger partial charge in [0, 0.05) is 24.7 Å². The van der Waals surface area contributed by atoms with Crippen LogP contribution in [-0.2, 0) is 6.42 Å². The summed E-state index contributed by atoms with van der Waals surface area (Å²) in [6.45, 7) is 8.13. The molecule has 0 radical (unpaired) electrons. The van der Waals surface area contributed by atoms with Gasteiger partial charge in [-0.25, -0.2) is 4.98 Å². The summed E-state index contributed by atoms with van der Waals surface area (Å²) in [6.07, 6.45) is 4.83. The molecule has 0 aliphatic carbocycles. The van der Waals surface area contributed by atoms with Gasteiger partial charge in [0.1, 0.15) is 5.82 Å². The Bertz CT molecular complexity index is 611. The van der Waals surface area contributed by atoms with Gasteiger partial charge in [0.25, 0.3) is 0 Å². The van der Waals surface area contributed by atoms with Crippen LogP contribution in [0, 0.1) is 0 Å². The molecule has 21 heavy (non-hydrogen) atoms. The van der Waals surface area contributed by atoms with Crippen molar-refractivity contribution in [3.8, 4) is 0 Å². The first-order valence-electron chi connectivity index (χ1n) is 8.17. The van der Waals surface area contributed by atoms with E-state index in [1.54, 1.807) is 0 Å². The van der Waals surface area contributed by atoms with Crippen LogP contribution in [0.3, 0.4) is 0 Å². The van der Waals surface area contributed by atoms with E-state index in [0.29, 0.717) is 6.04 Å². The molecule has 3 rings (SSSR count). The zero-order valence-corrected chi connectivity index (χ0v) is 13.2. The third kappa shape index (κ3) is 2.91. The van der Waals surface area contributed by atoms with Gasteiger partial charge >= 0.3 is 0 Å². The predicted octanol–water partition coefficient (Wildman–Crippen LogP) is 3.23. The van der Waals surface area contributed by atoms with Crippen LogP contribution in [0.2, 0.25) is 0 Å². The molecule has 1 aromatic carbocycles. The number of likely N-dealkylation sites (tertiary alicyclic amines) is 1. The normalized spacial score (nSPS) is 17.6. The number of aryl methyl sites for hydroxylation is 1. The molecule has 0 saturated carbocycles. The highest BCUT2D eigenvalue weighted by molar-refractivity contribution is 5.79. The number of nitrogens with zero attached hydrogens (tertiary/aromatic N) is 3. The van der Waals surface area contributed by atoms with E-state index >= 15 is 0 Å². The van der Waals surface area contributed by atoms with Crippen LogP contribution in [0.15, 0.2) is 18.2 Å². The number of hydrogen-bond donors (Lipinski definition) is 1. The lowest BCUT2D eigenvalue weighted by atomic mass is 10.2. The Morgan fingerprint density at radius 3 is 2.76 bits per heavy atom. The van der Waals surface area contributed by atoms with Crippen molar-refractivity contribution < 1.29 is 0 Å². The van der Waals surface area contributed by atoms with E-state index in [1.807, 2.05) is 12.1 Å². The van der Waals surface area contributed by atoms with Crippen LogP contribution in [0.5, 0.6) is 0 Å². The number of anilines is 1. The minimum atomic E-state index is 0.457. The quantitative estimate of drug-likeness (QED) is 0.858. The molecule has 1 aliphatic heterocycles. The number of nitrogens with two attached hydrogens (primary N) is 1. The maximum Gasteiger partial charge on any atom is 0.110 e. The molecule has 2 aromatic rings. The Hall–Kier alpha value is -1.55. The maximum absolute atomic E-state index is 5.91. The first kappa shape index (κ1) is 14.4. The van der Waals surface area contributed by atoms with Crippen molar-refractivity contribution in [3.63, 3.8) is 0 Å². The highest BCUT2D eigenvalue weighted by atomic mass is 15.2. The van der Waals surface area contributed by atoms with Gasteiger partial charge < -0.3 is 15.2 Å². The highest BCUT2D eigenvalue weighted by Crippen LogP contribution is 2.25. The summed E-state index contributed by atoms with van der Waals surface area (Å²) in [5.74, 6) is 1.20. The number of nitrogen functional groups attached to an aromatic ring is 1. The minimum absolute atomic E-state index is 0.457. The molecule has 114 valence electrons. The van der Waals surface area contributed by atoms with Crippen LogP contribution in [0.1, 0.15) is 45.0 Å². The molecule has 2 heterocycles. The molecule has 4 nitrogen and oxygen atoms in total. The largest absolute Gasteiger partial charge is 0.399 e. The molecule has 1 aromatic heterocycles. The summed E-state index contributed by atoms with van der Waals surface area (Å²) in [6, 6.07) is 6.56. The molecule has 0 amide bonds. The van der Waals surface area contributed by atoms with Gasteiger partial charge in [0.2, 0.25) is 0 Å². The number of fused-ring (bicyclic) bond motifs is 1. The van der Waals surface area contributed by atoms with Crippen molar-refractivity contribution in [3.05, 3.63) is 24.0 Å². The fourth-order valence-corrected chi connectivity index (χ4v) is 3.48. The van der Waals surface area contributed by atoms with Gasteiger partial charge in [-0.1, -0.05) is 6.92 Å². The molecule has 1 aliphatic rings. The lowest BCUT2D eigenvalue weighted by Crippen LogP contribution is -2.27. The molecule has 1 unspecified atom stereocenters. The first-order valence-corrected chi connectivity index (χ1v) is 8.17. The SMILES string of the molecule is CCCc1nc2cc(N)ccc2n1C(C)CN1CCCC1. The number of aromatic nitrogens is 2. The van der Waals surface area contributed by atoms with Gasteiger partial charge in [0.05, 0.1) is 11.0 Å². The van der Waals surface area contributed by atoms with Crippen LogP contribution >= 0.6 is 0 Å². The van der Waals surface area contributed by atoms with E-state index in [-0.39, 0.29) is 0 Å². The van der Waals surface area contributed by atoms with Crippen molar-refractivity contribution in [2.75, 3.05) is 25.4 Å². The van der Waals surface area contributed by atoms with Crippen molar-refractivity contribution >= 4 is 16.7 Å². The van der Waals surface area contributed by atoms with Gasteiger partial charge in [-0.3, -0.25) is 0 Å². The molecule has 4 heteroatoms. The summed E-state index contributed by atoms with van der Waals surface area (Å²) >= 11 is 0. The summed E-state index contributed by atoms with van der Waals surface area (Å²) in [7, 11) is 0. The minimum Gasteiger partial charge on any atom is -0.399 e. The van der Waals surface area contributed by atoms with E-state index in [4.69, 9.17) is 10.7 Å². The van der Waals surface area contributed by atoms with Crippen LogP contribution in [-0.4, -0.2) is 34.1 Å². The second kappa shape index (κ2) is 6.06. The van der Waals surface area contributed by atoms with Gasteiger partial charge in [0.15, 0.2) is 0 Å². The molecule has 1 saturated heterocycles. The molecule has 1 fully saturated rings. The Kier molecular flexibility index (Phi) is 4.15. The second-order valence-electron chi connectivity index (χ2n) is 6.25. The number of imidazole rings is 1. The summed E-state index contributed by atoms with van der Waals surface area (Å²) < 4.78 is 2.43. The summed E-state index contributed by atoms with van der Waals surface area (Å²) in [5.41, 5.74) is 8.96. The van der Waals surface area contributed by atoms with E-state index in [1.165, 1.54) is 37.3 Å². The second-order valence-corrected chi connectivity index (χ2v) is 6.25. The predicted molar refractivity (Wildman–Crippen MR) is 88.5 cm³/mol. The topological polar surface area (TPSA) is 47.1 Å². The van der Waals surface area contributed by atoms with Crippen molar-refractivity contribution in [2.45, 2.75) is 45.6 Å². The van der Waals surface area contributed by atoms with E-state index in [2.05, 4.69) is 29.4 Å². The van der Waals surface area contributed by atoms with Gasteiger partial charge in [-0.05, 0) is 57.5 Å². The van der Waals surface area contributed by atoms with Crippen LogP contribution in [0.4, 0.5) is 5.69 Å². The van der Waals surface area contributed by atoms with Crippen molar-refractivity contribution in [1.82, 2.24) is 14.5 Å². The van der Waals surface area contributed by atoms with Crippen LogP contribution in [0.25, 0.3) is 11.0 Å². The van der Waals surface area contributed by atoms with E-state index < -0.39 is 0 Å². The fourth-order valence-electron chi connectivity index (χ4n) is 3.48. The molecule has 0 bridgehead atoms. The fraction of sp³-hybridized carbons (Fsp3) is 0.588. The first-order chi connectivity index (χ1) is 10.2. The van der Waals surface area contributed by atoms with Crippen molar-refractivity contribution in [2.24, 2.45) is 0 Å². The average Bonchev–Trinajstić information content (AvgIpc) is 3.05. The lowest BCUT2D eigenvalue weighted by molar-refractivity contribution is 0.287. The molecule has 0 spiro atoms. The maximum atomic E-state index is 5.91. The molecular formula is C17H26N4. The molecule has 2 N–H and O–H groups in total. The number of rotatable bonds is 5. The standard InChI is InChI=1S/C17H26N4/c1-3-6-17-19-15-11-14(18)7-8-16(15)21(17)13(2)12-20-9-4-5-10-20/h7-8,11,13H,3-6,9-10,12,18H2,1-2H3. The Labute approximate surface area is 126 Å². The molecular weight excluding hydrogens is 260 g/mol. The third-order valence-corrected chi connectivity index (χ3v) is 4.42. The Morgan fingerprint density at radius 1 is 1.29 bits per heavy atom. The molecule has 1 atom stereocenters. The zero-order valence-electron chi connectivity index (χ0n) is 13.2. The third-order valence-electron chi connectivity index (χ3n) is 4.42. The van der Waals surface area contributed by atoms with Gasteiger partial charge in [-0.2, -0.15) is 0 Å². The summed E-state index contributed by atoms with van der Waals surface area (Å²) in [4.78, 5) is 7.40. The Morgan fingerprint density at radius 2 is 2.05 bits per heavy atom. The average molecular weight is 286 g/mol. The van der Waals surface area contributed by atoms with E-state index in [9.17, 15) is 0 Å². The smallest absolute Gasteiger partial charge is 0.110 e. The Balaban J connectivity index is 1.95. The number of hydrogen-bond acceptors (Lipinski definition) is 3. The summed E-state index contributed by atoms with van der Waals surface area (Å²) in [5, 5.41) is 0. The van der Waals surface area contributed by atoms with E-state index in [0.717, 1.165) is 30.6 Å². The van der Waals surface area contributed by atoms with Crippen molar-refractivity contribution in [1.29, 1.82) is 0 Å². The number of benzene rings is 1. The van der Waals surface area contributed by atoms with Gasteiger partial charge in [-0.15, -0.1) is 0 Å². The highest BCUT2D eigenvalue weighted by Gasteiger charge is 2.19. The lowest BCUT2D eigenvalue weighted by Gasteiger charge is -2.23. The van der Waals surface area contributed by atoms with Crippen LogP contribution < -0.4 is 5.73 Å².